The number of aliphatic carboxylic acids is 2. The van der Waals surface area contributed by atoms with Crippen LogP contribution in [0, 0.1) is 0 Å². The van der Waals surface area contributed by atoms with Gasteiger partial charge in [0.15, 0.2) is 0 Å². The molecule has 1 aromatic carbocycles. The highest BCUT2D eigenvalue weighted by atomic mass is 16.5. The van der Waals surface area contributed by atoms with Gasteiger partial charge in [0.05, 0.1) is 19.8 Å². The molecule has 9 heteroatoms. The molecule has 4 N–H and O–H groups in total. The second-order valence-corrected chi connectivity index (χ2v) is 7.09. The van der Waals surface area contributed by atoms with Crippen molar-refractivity contribution in [3.63, 3.8) is 0 Å². The minimum Gasteiger partial charge on any atom is -0.473 e. The number of aryl methyl sites for hydroxylation is 1. The molecule has 9 nitrogen and oxygen atoms in total. The van der Waals surface area contributed by atoms with E-state index in [1.165, 1.54) is 5.56 Å². The van der Waals surface area contributed by atoms with E-state index in [2.05, 4.69) is 46.7 Å². The van der Waals surface area contributed by atoms with E-state index < -0.39 is 11.9 Å². The molecular weight excluding hydrogens is 390 g/mol. The lowest BCUT2D eigenvalue weighted by atomic mass is 10.1. The minimum atomic E-state index is -1.82. The second kappa shape index (κ2) is 15.4. The van der Waals surface area contributed by atoms with E-state index in [1.807, 2.05) is 6.07 Å². The molecule has 0 aliphatic carbocycles. The number of carboxylic acid groups (broad SMARTS) is 2. The van der Waals surface area contributed by atoms with Crippen LogP contribution in [-0.2, 0) is 25.5 Å². The van der Waals surface area contributed by atoms with Crippen molar-refractivity contribution in [2.45, 2.75) is 32.2 Å². The Kier molecular flexibility index (Phi) is 13.1. The molecule has 168 valence electrons. The van der Waals surface area contributed by atoms with Gasteiger partial charge in [-0.05, 0) is 44.8 Å². The Labute approximate surface area is 177 Å². The van der Waals surface area contributed by atoms with E-state index in [0.29, 0.717) is 6.54 Å². The van der Waals surface area contributed by atoms with Crippen molar-refractivity contribution >= 4 is 17.8 Å². The first kappa shape index (κ1) is 25.5. The summed E-state index contributed by atoms with van der Waals surface area (Å²) in [4.78, 5) is 32.5. The van der Waals surface area contributed by atoms with Gasteiger partial charge in [-0.2, -0.15) is 0 Å². The molecule has 0 aromatic heterocycles. The Morgan fingerprint density at radius 1 is 1.10 bits per heavy atom. The zero-order valence-electron chi connectivity index (χ0n) is 17.5. The molecule has 1 aromatic rings. The highest BCUT2D eigenvalue weighted by Crippen LogP contribution is 2.04. The largest absolute Gasteiger partial charge is 0.473 e. The van der Waals surface area contributed by atoms with Gasteiger partial charge in [-0.1, -0.05) is 30.3 Å². The van der Waals surface area contributed by atoms with Crippen molar-refractivity contribution in [3.8, 4) is 0 Å². The van der Waals surface area contributed by atoms with E-state index in [1.54, 1.807) is 0 Å². The first-order valence-corrected chi connectivity index (χ1v) is 10.2. The maximum atomic E-state index is 11.9. The first-order chi connectivity index (χ1) is 14.4. The van der Waals surface area contributed by atoms with E-state index in [0.717, 1.165) is 58.7 Å². The van der Waals surface area contributed by atoms with Gasteiger partial charge in [0.25, 0.3) is 0 Å². The molecule has 1 aliphatic rings. The van der Waals surface area contributed by atoms with Crippen LogP contribution in [-0.4, -0.2) is 84.9 Å². The summed E-state index contributed by atoms with van der Waals surface area (Å²) < 4.78 is 5.33. The van der Waals surface area contributed by atoms with Crippen molar-refractivity contribution in [3.05, 3.63) is 35.9 Å². The predicted octanol–water partition coefficient (Wildman–Crippen LogP) is 0.591. The molecule has 30 heavy (non-hydrogen) atoms. The third kappa shape index (κ3) is 12.9. The molecule has 2 rings (SSSR count). The van der Waals surface area contributed by atoms with Crippen LogP contribution < -0.4 is 10.6 Å². The first-order valence-electron chi connectivity index (χ1n) is 10.2. The summed E-state index contributed by atoms with van der Waals surface area (Å²) in [6.07, 6.45) is 3.03. The minimum absolute atomic E-state index is 0.0851. The predicted molar refractivity (Wildman–Crippen MR) is 112 cm³/mol. The van der Waals surface area contributed by atoms with Gasteiger partial charge in [-0.25, -0.2) is 9.59 Å². The summed E-state index contributed by atoms with van der Waals surface area (Å²) in [5.41, 5.74) is 1.32. The number of nitrogens with one attached hydrogen (secondary N) is 2. The maximum Gasteiger partial charge on any atom is 0.414 e. The molecular formula is C21H33N3O6. The number of benzene rings is 1. The molecule has 1 amide bonds. The molecule has 1 unspecified atom stereocenters. The number of nitrogens with zero attached hydrogens (tertiary/aromatic N) is 1. The maximum absolute atomic E-state index is 11.9. The number of carbonyl (C=O) groups is 3. The second-order valence-electron chi connectivity index (χ2n) is 7.09. The van der Waals surface area contributed by atoms with Crippen molar-refractivity contribution < 1.29 is 29.3 Å². The van der Waals surface area contributed by atoms with E-state index in [-0.39, 0.29) is 11.9 Å². The lowest BCUT2D eigenvalue weighted by Crippen LogP contribution is -2.40. The molecule has 1 saturated heterocycles. The average molecular weight is 424 g/mol. The van der Waals surface area contributed by atoms with Gasteiger partial charge in [0, 0.05) is 19.1 Å². The molecule has 0 saturated carbocycles. The third-order valence-corrected chi connectivity index (χ3v) is 4.52. The Balaban J connectivity index is 0.000000656. The van der Waals surface area contributed by atoms with Crippen LogP contribution in [0.4, 0.5) is 0 Å². The van der Waals surface area contributed by atoms with Crippen molar-refractivity contribution in [1.29, 1.82) is 0 Å². The van der Waals surface area contributed by atoms with Gasteiger partial charge in [0.1, 0.15) is 0 Å². The van der Waals surface area contributed by atoms with Crippen LogP contribution in [0.1, 0.15) is 25.3 Å². The Morgan fingerprint density at radius 3 is 2.33 bits per heavy atom. The standard InChI is InChI=1S/C19H31N3O2.C2H2O4/c1-17(8-9-18-6-3-2-4-7-18)21-19(23)16-20-10-5-11-22-12-14-24-15-13-22;3-1(4)2(5)6/h2-4,6-7,17,20H,5,8-16H2,1H3,(H,21,23);(H,3,4)(H,5,6). The molecule has 1 atom stereocenters. The zero-order valence-corrected chi connectivity index (χ0v) is 17.5. The molecule has 0 spiro atoms. The smallest absolute Gasteiger partial charge is 0.414 e. The van der Waals surface area contributed by atoms with Gasteiger partial charge in [-0.15, -0.1) is 0 Å². The van der Waals surface area contributed by atoms with Crippen LogP contribution >= 0.6 is 0 Å². The fourth-order valence-electron chi connectivity index (χ4n) is 2.88. The van der Waals surface area contributed by atoms with Gasteiger partial charge < -0.3 is 25.6 Å². The Hall–Kier alpha value is -2.49. The van der Waals surface area contributed by atoms with Crippen LogP contribution in [0.15, 0.2) is 30.3 Å². The van der Waals surface area contributed by atoms with Gasteiger partial charge in [0.2, 0.25) is 5.91 Å². The Bertz CT molecular complexity index is 623. The monoisotopic (exact) mass is 423 g/mol. The summed E-state index contributed by atoms with van der Waals surface area (Å²) >= 11 is 0. The zero-order chi connectivity index (χ0) is 22.2. The van der Waals surface area contributed by atoms with E-state index >= 15 is 0 Å². The van der Waals surface area contributed by atoms with Crippen LogP contribution in [0.2, 0.25) is 0 Å². The van der Waals surface area contributed by atoms with Crippen LogP contribution in [0.3, 0.4) is 0 Å². The molecule has 1 aliphatic heterocycles. The fourth-order valence-corrected chi connectivity index (χ4v) is 2.88. The Morgan fingerprint density at radius 2 is 1.73 bits per heavy atom. The summed E-state index contributed by atoms with van der Waals surface area (Å²) in [5, 5.41) is 21.1. The molecule has 0 bridgehead atoms. The summed E-state index contributed by atoms with van der Waals surface area (Å²) in [7, 11) is 0. The number of rotatable bonds is 10. The number of ether oxygens (including phenoxy) is 1. The van der Waals surface area contributed by atoms with Crippen molar-refractivity contribution in [2.24, 2.45) is 0 Å². The summed E-state index contributed by atoms with van der Waals surface area (Å²) in [6, 6.07) is 10.6. The highest BCUT2D eigenvalue weighted by molar-refractivity contribution is 6.27. The van der Waals surface area contributed by atoms with Crippen molar-refractivity contribution in [2.75, 3.05) is 45.9 Å². The SMILES string of the molecule is CC(CCc1ccccc1)NC(=O)CNCCCN1CCOCC1.O=C(O)C(=O)O. The third-order valence-electron chi connectivity index (χ3n) is 4.52. The molecule has 1 heterocycles. The lowest BCUT2D eigenvalue weighted by Gasteiger charge is -2.26. The van der Waals surface area contributed by atoms with Crippen LogP contribution in [0.25, 0.3) is 0 Å². The normalized spacial score (nSPS) is 14.8. The topological polar surface area (TPSA) is 128 Å². The number of carbonyl (C=O) groups excluding carboxylic acids is 1. The number of amides is 1. The van der Waals surface area contributed by atoms with Gasteiger partial charge >= 0.3 is 11.9 Å². The number of morpholine rings is 1. The van der Waals surface area contributed by atoms with Gasteiger partial charge in [-0.3, -0.25) is 9.69 Å². The van der Waals surface area contributed by atoms with Crippen LogP contribution in [0.5, 0.6) is 0 Å². The summed E-state index contributed by atoms with van der Waals surface area (Å²) in [5.74, 6) is -3.56. The van der Waals surface area contributed by atoms with E-state index in [4.69, 9.17) is 24.5 Å². The lowest BCUT2D eigenvalue weighted by molar-refractivity contribution is -0.159. The number of carboxylic acids is 2. The number of hydrogen-bond donors (Lipinski definition) is 4. The molecule has 1 fully saturated rings. The van der Waals surface area contributed by atoms with Crippen molar-refractivity contribution in [1.82, 2.24) is 15.5 Å². The number of hydrogen-bond acceptors (Lipinski definition) is 6. The average Bonchev–Trinajstić information content (AvgIpc) is 2.74. The van der Waals surface area contributed by atoms with E-state index in [9.17, 15) is 4.79 Å². The summed E-state index contributed by atoms with van der Waals surface area (Å²) in [6.45, 7) is 8.17. The fraction of sp³-hybridized carbons (Fsp3) is 0.571. The quantitative estimate of drug-likeness (QED) is 0.318. The highest BCUT2D eigenvalue weighted by Gasteiger charge is 2.10. The molecule has 0 radical (unpaired) electrons.